The lowest BCUT2D eigenvalue weighted by molar-refractivity contribution is -0.0554. The molecule has 156 valence electrons. The molecule has 0 heterocycles. The number of benzene rings is 3. The van der Waals surface area contributed by atoms with Crippen LogP contribution in [0.15, 0.2) is 104 Å². The molecule has 3 atom stereocenters. The summed E-state index contributed by atoms with van der Waals surface area (Å²) in [7, 11) is 0. The summed E-state index contributed by atoms with van der Waals surface area (Å²) in [6.07, 6.45) is 1.51. The number of hydrogen-bond acceptors (Lipinski definition) is 3. The Kier molecular flexibility index (Phi) is 8.85. The molecule has 0 aliphatic rings. The minimum absolute atomic E-state index is 0.163. The predicted molar refractivity (Wildman–Crippen MR) is 121 cm³/mol. The lowest BCUT2D eigenvalue weighted by Gasteiger charge is -2.29. The molecule has 0 aromatic heterocycles. The van der Waals surface area contributed by atoms with Crippen LogP contribution in [0.1, 0.15) is 16.7 Å². The van der Waals surface area contributed by atoms with E-state index >= 15 is 0 Å². The summed E-state index contributed by atoms with van der Waals surface area (Å²) in [6, 6.07) is 30.2. The average molecular weight is 403 g/mol. The van der Waals surface area contributed by atoms with Crippen LogP contribution in [0.3, 0.4) is 0 Å². The van der Waals surface area contributed by atoms with E-state index in [0.717, 1.165) is 16.7 Å². The van der Waals surface area contributed by atoms with Crippen LogP contribution in [0, 0.1) is 5.92 Å². The van der Waals surface area contributed by atoms with E-state index in [9.17, 15) is 5.11 Å². The van der Waals surface area contributed by atoms with Gasteiger partial charge in [0.1, 0.15) is 0 Å². The fourth-order valence-corrected chi connectivity index (χ4v) is 3.49. The van der Waals surface area contributed by atoms with Crippen molar-refractivity contribution in [3.63, 3.8) is 0 Å². The highest BCUT2D eigenvalue weighted by atomic mass is 16.5. The molecular weight excluding hydrogens is 372 g/mol. The average Bonchev–Trinajstić information content (AvgIpc) is 2.80. The van der Waals surface area contributed by atoms with Crippen molar-refractivity contribution in [1.82, 2.24) is 0 Å². The van der Waals surface area contributed by atoms with E-state index in [-0.39, 0.29) is 18.6 Å². The van der Waals surface area contributed by atoms with Crippen LogP contribution in [-0.4, -0.2) is 23.9 Å². The fraction of sp³-hybridized carbons (Fsp3) is 0.259. The number of hydrogen-bond donors (Lipinski definition) is 1. The zero-order chi connectivity index (χ0) is 21.0. The van der Waals surface area contributed by atoms with Gasteiger partial charge >= 0.3 is 0 Å². The van der Waals surface area contributed by atoms with Gasteiger partial charge in [0, 0.05) is 5.92 Å². The van der Waals surface area contributed by atoms with E-state index in [4.69, 9.17) is 9.47 Å². The van der Waals surface area contributed by atoms with Gasteiger partial charge in [-0.05, 0) is 23.1 Å². The Balaban J connectivity index is 1.65. The molecule has 1 N–H and O–H groups in total. The second-order valence-electron chi connectivity index (χ2n) is 7.42. The van der Waals surface area contributed by atoms with Crippen molar-refractivity contribution in [2.24, 2.45) is 5.92 Å². The SMILES string of the molecule is C=C[C@@H](OCc1ccccc1)[C@H](Cc1ccccc1)[C@H](O)COCc1ccccc1. The Morgan fingerprint density at radius 1 is 0.733 bits per heavy atom. The first-order valence-electron chi connectivity index (χ1n) is 10.4. The van der Waals surface area contributed by atoms with Gasteiger partial charge in [0.15, 0.2) is 0 Å². The molecule has 0 saturated heterocycles. The van der Waals surface area contributed by atoms with E-state index in [2.05, 4.69) is 18.7 Å². The monoisotopic (exact) mass is 402 g/mol. The van der Waals surface area contributed by atoms with E-state index in [1.165, 1.54) is 0 Å². The van der Waals surface area contributed by atoms with Crippen molar-refractivity contribution in [2.75, 3.05) is 6.61 Å². The van der Waals surface area contributed by atoms with Crippen LogP contribution in [-0.2, 0) is 29.1 Å². The van der Waals surface area contributed by atoms with Gasteiger partial charge in [-0.15, -0.1) is 6.58 Å². The van der Waals surface area contributed by atoms with E-state index < -0.39 is 6.10 Å². The molecule has 0 unspecified atom stereocenters. The Labute approximate surface area is 179 Å². The van der Waals surface area contributed by atoms with Crippen molar-refractivity contribution < 1.29 is 14.6 Å². The molecule has 3 aromatic carbocycles. The highest BCUT2D eigenvalue weighted by Gasteiger charge is 2.28. The zero-order valence-corrected chi connectivity index (χ0v) is 17.3. The minimum Gasteiger partial charge on any atom is -0.390 e. The van der Waals surface area contributed by atoms with Gasteiger partial charge in [0.25, 0.3) is 0 Å². The van der Waals surface area contributed by atoms with Crippen LogP contribution in [0.5, 0.6) is 0 Å². The maximum Gasteiger partial charge on any atom is 0.0833 e. The second kappa shape index (κ2) is 12.1. The molecule has 3 heteroatoms. The van der Waals surface area contributed by atoms with E-state index in [1.54, 1.807) is 6.08 Å². The van der Waals surface area contributed by atoms with Crippen molar-refractivity contribution in [2.45, 2.75) is 31.8 Å². The summed E-state index contributed by atoms with van der Waals surface area (Å²) < 4.78 is 12.0. The predicted octanol–water partition coefficient (Wildman–Crippen LogP) is 5.19. The Hall–Kier alpha value is -2.72. The first-order valence-corrected chi connectivity index (χ1v) is 10.4. The molecule has 0 radical (unpaired) electrons. The summed E-state index contributed by atoms with van der Waals surface area (Å²) in [5.74, 6) is -0.163. The lowest BCUT2D eigenvalue weighted by Crippen LogP contribution is -2.37. The van der Waals surface area contributed by atoms with Crippen LogP contribution in [0.2, 0.25) is 0 Å². The minimum atomic E-state index is -0.673. The zero-order valence-electron chi connectivity index (χ0n) is 17.3. The first kappa shape index (κ1) is 22.0. The lowest BCUT2D eigenvalue weighted by atomic mass is 9.89. The molecule has 0 spiro atoms. The summed E-state index contributed by atoms with van der Waals surface area (Å²) in [5.41, 5.74) is 3.34. The molecule has 0 fully saturated rings. The van der Waals surface area contributed by atoms with Crippen LogP contribution >= 0.6 is 0 Å². The Bertz CT molecular complexity index is 849. The quantitative estimate of drug-likeness (QED) is 0.424. The molecule has 0 saturated carbocycles. The standard InChI is InChI=1S/C27H30O3/c1-2-27(30-20-24-16-10-5-11-17-24)25(18-22-12-6-3-7-13-22)26(28)21-29-19-23-14-8-4-9-15-23/h2-17,25-28H,1,18-21H2/t25-,26-,27-/m1/s1. The normalized spacial score (nSPS) is 14.0. The Morgan fingerprint density at radius 3 is 1.77 bits per heavy atom. The van der Waals surface area contributed by atoms with Gasteiger partial charge in [0.05, 0.1) is 32.0 Å². The summed E-state index contributed by atoms with van der Waals surface area (Å²) in [4.78, 5) is 0. The van der Waals surface area contributed by atoms with Crippen molar-refractivity contribution in [1.29, 1.82) is 0 Å². The molecular formula is C27H30O3. The number of ether oxygens (including phenoxy) is 2. The fourth-order valence-electron chi connectivity index (χ4n) is 3.49. The van der Waals surface area contributed by atoms with Gasteiger partial charge < -0.3 is 14.6 Å². The molecule has 0 aliphatic heterocycles. The highest BCUT2D eigenvalue weighted by Crippen LogP contribution is 2.22. The van der Waals surface area contributed by atoms with E-state index in [1.807, 2.05) is 78.9 Å². The third-order valence-electron chi connectivity index (χ3n) is 5.15. The second-order valence-corrected chi connectivity index (χ2v) is 7.42. The summed E-state index contributed by atoms with van der Waals surface area (Å²) >= 11 is 0. The molecule has 30 heavy (non-hydrogen) atoms. The molecule has 0 aliphatic carbocycles. The molecule has 0 amide bonds. The van der Waals surface area contributed by atoms with Crippen LogP contribution in [0.25, 0.3) is 0 Å². The number of aliphatic hydroxyl groups is 1. The Morgan fingerprint density at radius 2 is 1.23 bits per heavy atom. The van der Waals surface area contributed by atoms with Gasteiger partial charge in [-0.2, -0.15) is 0 Å². The molecule has 0 bridgehead atoms. The smallest absolute Gasteiger partial charge is 0.0833 e. The molecule has 3 nitrogen and oxygen atoms in total. The maximum absolute atomic E-state index is 11.0. The first-order chi connectivity index (χ1) is 14.8. The summed E-state index contributed by atoms with van der Waals surface area (Å²) in [5, 5.41) is 11.0. The van der Waals surface area contributed by atoms with Crippen LogP contribution < -0.4 is 0 Å². The third kappa shape index (κ3) is 6.96. The summed E-state index contributed by atoms with van der Waals surface area (Å²) in [6.45, 7) is 5.16. The van der Waals surface area contributed by atoms with Gasteiger partial charge in [0.2, 0.25) is 0 Å². The maximum atomic E-state index is 11.0. The third-order valence-corrected chi connectivity index (χ3v) is 5.15. The topological polar surface area (TPSA) is 38.7 Å². The van der Waals surface area contributed by atoms with E-state index in [0.29, 0.717) is 19.6 Å². The van der Waals surface area contributed by atoms with Crippen molar-refractivity contribution >= 4 is 0 Å². The van der Waals surface area contributed by atoms with Gasteiger partial charge in [-0.1, -0.05) is 97.1 Å². The highest BCUT2D eigenvalue weighted by molar-refractivity contribution is 5.17. The number of aliphatic hydroxyl groups excluding tert-OH is 1. The largest absolute Gasteiger partial charge is 0.390 e. The van der Waals surface area contributed by atoms with Gasteiger partial charge in [-0.3, -0.25) is 0 Å². The van der Waals surface area contributed by atoms with Crippen molar-refractivity contribution in [3.05, 3.63) is 120 Å². The van der Waals surface area contributed by atoms with Crippen molar-refractivity contribution in [3.8, 4) is 0 Å². The van der Waals surface area contributed by atoms with Gasteiger partial charge in [-0.25, -0.2) is 0 Å². The molecule has 3 aromatic rings. The number of rotatable bonds is 12. The van der Waals surface area contributed by atoms with Crippen LogP contribution in [0.4, 0.5) is 0 Å². The molecule has 3 rings (SSSR count).